The number of carboxylic acid groups (broad SMARTS) is 1. The second kappa shape index (κ2) is 5.33. The van der Waals surface area contributed by atoms with E-state index in [9.17, 15) is 9.90 Å². The smallest absolute Gasteiger partial charge is 0.337 e. The van der Waals surface area contributed by atoms with Crippen LogP contribution < -0.4 is 0 Å². The Balaban J connectivity index is 2.71. The zero-order chi connectivity index (χ0) is 14.0. The molecule has 0 spiro atoms. The van der Waals surface area contributed by atoms with Gasteiger partial charge in [-0.05, 0) is 18.6 Å². The largest absolute Gasteiger partial charge is 0.478 e. The normalized spacial score (nSPS) is 10.4. The van der Waals surface area contributed by atoms with E-state index >= 15 is 0 Å². The molecule has 0 saturated heterocycles. The molecule has 2 rings (SSSR count). The molecule has 2 aromatic rings. The van der Waals surface area contributed by atoms with Gasteiger partial charge in [0.05, 0.1) is 11.3 Å². The van der Waals surface area contributed by atoms with Crippen LogP contribution in [0.3, 0.4) is 0 Å². The number of carboxylic acids is 1. The fraction of sp³-hybridized carbons (Fsp3) is 0.133. The second-order valence-electron chi connectivity index (χ2n) is 4.24. The number of halogens is 1. The summed E-state index contributed by atoms with van der Waals surface area (Å²) in [6, 6.07) is 7.41. The molecule has 0 radical (unpaired) electrons. The highest BCUT2D eigenvalue weighted by Gasteiger charge is 2.19. The summed E-state index contributed by atoms with van der Waals surface area (Å²) < 4.78 is 1.85. The first-order valence-corrected chi connectivity index (χ1v) is 6.23. The standard InChI is InChI=1S/C15H14ClNO2/c1-3-8-17-9-12(15(18)19)10(2)14(17)11-6-4-5-7-13(11)16/h3-7,9H,1,8H2,2H3,(H,18,19). The molecule has 3 nitrogen and oxygen atoms in total. The quantitative estimate of drug-likeness (QED) is 0.857. The van der Waals surface area contributed by atoms with E-state index in [0.29, 0.717) is 17.1 Å². The Morgan fingerprint density at radius 2 is 2.16 bits per heavy atom. The number of hydrogen-bond acceptors (Lipinski definition) is 1. The van der Waals surface area contributed by atoms with Crippen LogP contribution in [0.1, 0.15) is 15.9 Å². The van der Waals surface area contributed by atoms with Gasteiger partial charge in [-0.25, -0.2) is 4.79 Å². The van der Waals surface area contributed by atoms with Gasteiger partial charge in [-0.1, -0.05) is 35.9 Å². The van der Waals surface area contributed by atoms with E-state index in [0.717, 1.165) is 11.3 Å². The highest BCUT2D eigenvalue weighted by Crippen LogP contribution is 2.33. The number of carbonyl (C=O) groups is 1. The zero-order valence-electron chi connectivity index (χ0n) is 10.6. The average Bonchev–Trinajstić information content (AvgIpc) is 2.68. The number of aromatic carboxylic acids is 1. The Labute approximate surface area is 116 Å². The van der Waals surface area contributed by atoms with Crippen LogP contribution in [0.25, 0.3) is 11.3 Å². The number of benzene rings is 1. The van der Waals surface area contributed by atoms with E-state index in [1.54, 1.807) is 25.3 Å². The van der Waals surface area contributed by atoms with Crippen molar-refractivity contribution in [3.05, 3.63) is 59.3 Å². The van der Waals surface area contributed by atoms with Gasteiger partial charge >= 0.3 is 5.97 Å². The lowest BCUT2D eigenvalue weighted by atomic mass is 10.1. The van der Waals surface area contributed by atoms with Crippen LogP contribution in [0.2, 0.25) is 5.02 Å². The van der Waals surface area contributed by atoms with Gasteiger partial charge in [-0.2, -0.15) is 0 Å². The molecule has 1 N–H and O–H groups in total. The van der Waals surface area contributed by atoms with E-state index in [-0.39, 0.29) is 5.56 Å². The maximum absolute atomic E-state index is 11.2. The van der Waals surface area contributed by atoms with Gasteiger partial charge in [0.2, 0.25) is 0 Å². The summed E-state index contributed by atoms with van der Waals surface area (Å²) in [5, 5.41) is 9.82. The molecule has 1 heterocycles. The lowest BCUT2D eigenvalue weighted by Gasteiger charge is -2.10. The topological polar surface area (TPSA) is 42.2 Å². The predicted octanol–water partition coefficient (Wildman–Crippen LogP) is 4.00. The number of rotatable bonds is 4. The molecule has 4 heteroatoms. The lowest BCUT2D eigenvalue weighted by Crippen LogP contribution is -1.97. The van der Waals surface area contributed by atoms with Gasteiger partial charge in [-0.3, -0.25) is 0 Å². The van der Waals surface area contributed by atoms with Gasteiger partial charge in [0.15, 0.2) is 0 Å². The van der Waals surface area contributed by atoms with Crippen molar-refractivity contribution in [2.24, 2.45) is 0 Å². The fourth-order valence-electron chi connectivity index (χ4n) is 2.17. The van der Waals surface area contributed by atoms with Crippen LogP contribution in [0.4, 0.5) is 0 Å². The Morgan fingerprint density at radius 1 is 1.47 bits per heavy atom. The van der Waals surface area contributed by atoms with Crippen LogP contribution in [0, 0.1) is 6.92 Å². The molecule has 0 aliphatic carbocycles. The second-order valence-corrected chi connectivity index (χ2v) is 4.65. The Hall–Kier alpha value is -2.00. The summed E-state index contributed by atoms with van der Waals surface area (Å²) >= 11 is 6.21. The molecule has 0 bridgehead atoms. The third-order valence-corrected chi connectivity index (χ3v) is 3.35. The minimum Gasteiger partial charge on any atom is -0.478 e. The van der Waals surface area contributed by atoms with Crippen molar-refractivity contribution in [1.29, 1.82) is 0 Å². The van der Waals surface area contributed by atoms with Crippen molar-refractivity contribution >= 4 is 17.6 Å². The highest BCUT2D eigenvalue weighted by molar-refractivity contribution is 6.33. The van der Waals surface area contributed by atoms with Gasteiger partial charge in [0.25, 0.3) is 0 Å². The van der Waals surface area contributed by atoms with E-state index in [1.807, 2.05) is 22.8 Å². The van der Waals surface area contributed by atoms with Crippen LogP contribution in [0.5, 0.6) is 0 Å². The summed E-state index contributed by atoms with van der Waals surface area (Å²) in [7, 11) is 0. The molecular weight excluding hydrogens is 262 g/mol. The van der Waals surface area contributed by atoms with Crippen LogP contribution in [-0.4, -0.2) is 15.6 Å². The van der Waals surface area contributed by atoms with Crippen molar-refractivity contribution in [3.8, 4) is 11.3 Å². The van der Waals surface area contributed by atoms with Crippen molar-refractivity contribution in [1.82, 2.24) is 4.57 Å². The molecule has 0 saturated carbocycles. The minimum atomic E-state index is -0.936. The first kappa shape index (κ1) is 13.4. The summed E-state index contributed by atoms with van der Waals surface area (Å²) in [5.41, 5.74) is 2.65. The highest BCUT2D eigenvalue weighted by atomic mass is 35.5. The third kappa shape index (κ3) is 2.42. The molecular formula is C15H14ClNO2. The van der Waals surface area contributed by atoms with Crippen molar-refractivity contribution in [2.45, 2.75) is 13.5 Å². The fourth-order valence-corrected chi connectivity index (χ4v) is 2.39. The summed E-state index contributed by atoms with van der Waals surface area (Å²) in [5.74, 6) is -0.936. The number of aromatic nitrogens is 1. The number of nitrogens with zero attached hydrogens (tertiary/aromatic N) is 1. The molecule has 1 aromatic heterocycles. The van der Waals surface area contributed by atoms with Gasteiger partial charge < -0.3 is 9.67 Å². The SMILES string of the molecule is C=CCn1cc(C(=O)O)c(C)c1-c1ccccc1Cl. The third-order valence-electron chi connectivity index (χ3n) is 3.02. The molecule has 0 fully saturated rings. The summed E-state index contributed by atoms with van der Waals surface area (Å²) in [6.45, 7) is 6.03. The van der Waals surface area contributed by atoms with Gasteiger partial charge in [0, 0.05) is 23.3 Å². The maximum Gasteiger partial charge on any atom is 0.337 e. The molecule has 0 aliphatic rings. The van der Waals surface area contributed by atoms with Crippen LogP contribution >= 0.6 is 11.6 Å². The molecule has 19 heavy (non-hydrogen) atoms. The summed E-state index contributed by atoms with van der Waals surface area (Å²) in [6.07, 6.45) is 3.35. The minimum absolute atomic E-state index is 0.289. The molecule has 98 valence electrons. The van der Waals surface area contributed by atoms with Gasteiger partial charge in [0.1, 0.15) is 0 Å². The predicted molar refractivity (Wildman–Crippen MR) is 76.8 cm³/mol. The maximum atomic E-state index is 11.2. The Bertz CT molecular complexity index is 644. The summed E-state index contributed by atoms with van der Waals surface area (Å²) in [4.78, 5) is 11.2. The van der Waals surface area contributed by atoms with Gasteiger partial charge in [-0.15, -0.1) is 6.58 Å². The number of hydrogen-bond donors (Lipinski definition) is 1. The van der Waals surface area contributed by atoms with Crippen LogP contribution in [0.15, 0.2) is 43.1 Å². The molecule has 0 amide bonds. The zero-order valence-corrected chi connectivity index (χ0v) is 11.3. The average molecular weight is 276 g/mol. The molecule has 1 aromatic carbocycles. The lowest BCUT2D eigenvalue weighted by molar-refractivity contribution is 0.0696. The molecule has 0 unspecified atom stereocenters. The van der Waals surface area contributed by atoms with Crippen molar-refractivity contribution < 1.29 is 9.90 Å². The Kier molecular flexibility index (Phi) is 3.76. The molecule has 0 aliphatic heterocycles. The number of allylic oxidation sites excluding steroid dienone is 1. The van der Waals surface area contributed by atoms with Crippen molar-refractivity contribution in [3.63, 3.8) is 0 Å². The monoisotopic (exact) mass is 275 g/mol. The van der Waals surface area contributed by atoms with E-state index in [1.165, 1.54) is 0 Å². The molecule has 0 atom stereocenters. The van der Waals surface area contributed by atoms with Crippen LogP contribution in [-0.2, 0) is 6.54 Å². The van der Waals surface area contributed by atoms with Crippen molar-refractivity contribution in [2.75, 3.05) is 0 Å². The van der Waals surface area contributed by atoms with E-state index < -0.39 is 5.97 Å². The van der Waals surface area contributed by atoms with E-state index in [4.69, 9.17) is 11.6 Å². The Morgan fingerprint density at radius 3 is 2.74 bits per heavy atom. The van der Waals surface area contributed by atoms with E-state index in [2.05, 4.69) is 6.58 Å². The first-order chi connectivity index (χ1) is 9.06. The first-order valence-electron chi connectivity index (χ1n) is 5.85.